The number of pyridine rings is 1. The minimum atomic E-state index is 0.812. The van der Waals surface area contributed by atoms with E-state index in [-0.39, 0.29) is 0 Å². The van der Waals surface area contributed by atoms with E-state index in [1.54, 1.807) is 0 Å². The van der Waals surface area contributed by atoms with Crippen molar-refractivity contribution in [2.24, 2.45) is 7.05 Å². The molecule has 0 spiro atoms. The molecule has 3 aromatic heterocycles. The number of benzene rings is 1. The van der Waals surface area contributed by atoms with E-state index in [1.807, 2.05) is 24.4 Å². The monoisotopic (exact) mass is 262 g/mol. The molecule has 4 aromatic rings. The molecule has 0 atom stereocenters. The van der Waals surface area contributed by atoms with Gasteiger partial charge in [0, 0.05) is 6.20 Å². The maximum atomic E-state index is 6.02. The summed E-state index contributed by atoms with van der Waals surface area (Å²) in [5, 5.41) is 1.16. The summed E-state index contributed by atoms with van der Waals surface area (Å²) >= 11 is 0. The second kappa shape index (κ2) is 3.28. The zero-order chi connectivity index (χ0) is 13.3. The normalized spacial score (nSPS) is 13.1. The van der Waals surface area contributed by atoms with Crippen LogP contribution in [0, 0.1) is 0 Å². The number of imidazole rings is 1. The number of aryl methyl sites for hydroxylation is 1. The lowest BCUT2D eigenvalue weighted by Gasteiger charge is -1.93. The second-order valence-corrected chi connectivity index (χ2v) is 5.22. The molecule has 5 rings (SSSR count). The lowest BCUT2D eigenvalue weighted by Crippen LogP contribution is -2.29. The quantitative estimate of drug-likeness (QED) is 0.402. The van der Waals surface area contributed by atoms with Crippen LogP contribution in [-0.4, -0.2) is 9.55 Å². The average molecular weight is 262 g/mol. The van der Waals surface area contributed by atoms with Gasteiger partial charge >= 0.3 is 5.71 Å². The number of fused-ring (bicyclic) bond motifs is 7. The number of rotatable bonds is 0. The van der Waals surface area contributed by atoms with Crippen molar-refractivity contribution in [1.29, 1.82) is 0 Å². The molecule has 4 heterocycles. The Balaban J connectivity index is 1.99. The third-order valence-corrected chi connectivity index (χ3v) is 4.14. The van der Waals surface area contributed by atoms with Crippen LogP contribution in [0.2, 0.25) is 0 Å². The molecule has 0 saturated carbocycles. The van der Waals surface area contributed by atoms with E-state index in [1.165, 1.54) is 11.4 Å². The Hall–Kier alpha value is -2.62. The molecule has 0 unspecified atom stereocenters. The van der Waals surface area contributed by atoms with Crippen molar-refractivity contribution >= 4 is 22.2 Å². The van der Waals surface area contributed by atoms with Gasteiger partial charge in [0.05, 0.1) is 23.7 Å². The van der Waals surface area contributed by atoms with Gasteiger partial charge in [-0.3, -0.25) is 4.98 Å². The van der Waals surface area contributed by atoms with Crippen molar-refractivity contribution in [2.45, 2.75) is 6.54 Å². The van der Waals surface area contributed by atoms with Crippen LogP contribution >= 0.6 is 0 Å². The number of hydrogen-bond donors (Lipinski definition) is 0. The lowest BCUT2D eigenvalue weighted by atomic mass is 10.2. The van der Waals surface area contributed by atoms with Gasteiger partial charge < -0.3 is 4.42 Å². The molecule has 96 valence electrons. The fraction of sp³-hybridized carbons (Fsp3) is 0.125. The predicted octanol–water partition coefficient (Wildman–Crippen LogP) is 2.64. The summed E-state index contributed by atoms with van der Waals surface area (Å²) in [6, 6.07) is 12.3. The first-order chi connectivity index (χ1) is 9.84. The number of furan rings is 1. The van der Waals surface area contributed by atoms with E-state index in [2.05, 4.69) is 39.4 Å². The van der Waals surface area contributed by atoms with E-state index in [9.17, 15) is 0 Å². The van der Waals surface area contributed by atoms with Crippen molar-refractivity contribution in [3.05, 3.63) is 48.3 Å². The SMILES string of the molecule is C[n+]1c2n(c3c4ccccc4oc31)Cc1ncccc1-2. The van der Waals surface area contributed by atoms with Gasteiger partial charge in [-0.25, -0.2) is 4.57 Å². The number of para-hydroxylation sites is 1. The van der Waals surface area contributed by atoms with Crippen molar-refractivity contribution in [3.63, 3.8) is 0 Å². The second-order valence-electron chi connectivity index (χ2n) is 5.22. The van der Waals surface area contributed by atoms with Crippen LogP contribution in [0.4, 0.5) is 0 Å². The van der Waals surface area contributed by atoms with E-state index in [4.69, 9.17) is 4.42 Å². The maximum absolute atomic E-state index is 6.02. The fourth-order valence-corrected chi connectivity index (χ4v) is 3.29. The van der Waals surface area contributed by atoms with Crippen LogP contribution in [0.3, 0.4) is 0 Å². The summed E-state index contributed by atoms with van der Waals surface area (Å²) in [7, 11) is 2.05. The molecular weight excluding hydrogens is 250 g/mol. The molecule has 0 radical (unpaired) electrons. The highest BCUT2D eigenvalue weighted by atomic mass is 16.3. The zero-order valence-corrected chi connectivity index (χ0v) is 11.0. The third-order valence-electron chi connectivity index (χ3n) is 4.14. The molecule has 0 fully saturated rings. The van der Waals surface area contributed by atoms with Crippen LogP contribution in [0.1, 0.15) is 5.69 Å². The highest BCUT2D eigenvalue weighted by molar-refractivity contribution is 6.01. The first-order valence-electron chi connectivity index (χ1n) is 6.68. The molecule has 0 saturated heterocycles. The molecular formula is C16H12N3O+. The minimum Gasteiger partial charge on any atom is -0.419 e. The summed E-state index contributed by atoms with van der Waals surface area (Å²) in [6.07, 6.45) is 1.86. The van der Waals surface area contributed by atoms with Crippen molar-refractivity contribution in [2.75, 3.05) is 0 Å². The highest BCUT2D eigenvalue weighted by Gasteiger charge is 2.36. The molecule has 4 nitrogen and oxygen atoms in total. The molecule has 1 aliphatic heterocycles. The Morgan fingerprint density at radius 2 is 2.10 bits per heavy atom. The van der Waals surface area contributed by atoms with Gasteiger partial charge in [-0.15, -0.1) is 0 Å². The Morgan fingerprint density at radius 1 is 1.20 bits per heavy atom. The summed E-state index contributed by atoms with van der Waals surface area (Å²) < 4.78 is 10.4. The van der Waals surface area contributed by atoms with Gasteiger partial charge in [-0.05, 0) is 24.3 Å². The average Bonchev–Trinajstić information content (AvgIpc) is 3.10. The van der Waals surface area contributed by atoms with Gasteiger partial charge in [0.25, 0.3) is 5.82 Å². The van der Waals surface area contributed by atoms with E-state index in [0.717, 1.165) is 34.4 Å². The molecule has 0 amide bonds. The van der Waals surface area contributed by atoms with Crippen molar-refractivity contribution in [1.82, 2.24) is 9.55 Å². The predicted molar refractivity (Wildman–Crippen MR) is 75.2 cm³/mol. The fourth-order valence-electron chi connectivity index (χ4n) is 3.29. The van der Waals surface area contributed by atoms with Crippen molar-refractivity contribution in [3.8, 4) is 11.4 Å². The summed E-state index contributed by atoms with van der Waals surface area (Å²) in [6.45, 7) is 0.812. The maximum Gasteiger partial charge on any atom is 0.339 e. The van der Waals surface area contributed by atoms with Crippen LogP contribution in [-0.2, 0) is 13.6 Å². The Morgan fingerprint density at radius 3 is 3.05 bits per heavy atom. The summed E-state index contributed by atoms with van der Waals surface area (Å²) in [4.78, 5) is 4.49. The number of hydrogen-bond acceptors (Lipinski definition) is 2. The van der Waals surface area contributed by atoms with E-state index in [0.29, 0.717) is 0 Å². The third kappa shape index (κ3) is 1.04. The molecule has 0 N–H and O–H groups in total. The topological polar surface area (TPSA) is 34.8 Å². The lowest BCUT2D eigenvalue weighted by molar-refractivity contribution is -0.640. The molecule has 20 heavy (non-hydrogen) atoms. The van der Waals surface area contributed by atoms with Gasteiger partial charge in [-0.1, -0.05) is 12.1 Å². The Kier molecular flexibility index (Phi) is 1.67. The smallest absolute Gasteiger partial charge is 0.339 e. The molecule has 0 bridgehead atoms. The number of aromatic nitrogens is 3. The Bertz CT molecular complexity index is 994. The summed E-state index contributed by atoms with van der Waals surface area (Å²) in [5.41, 5.74) is 5.36. The molecule has 1 aliphatic rings. The summed E-state index contributed by atoms with van der Waals surface area (Å²) in [5.74, 6) is 1.17. The largest absolute Gasteiger partial charge is 0.419 e. The first kappa shape index (κ1) is 10.2. The zero-order valence-electron chi connectivity index (χ0n) is 11.0. The van der Waals surface area contributed by atoms with Crippen LogP contribution < -0.4 is 4.57 Å². The minimum absolute atomic E-state index is 0.812. The first-order valence-corrected chi connectivity index (χ1v) is 6.68. The van der Waals surface area contributed by atoms with Gasteiger partial charge in [-0.2, -0.15) is 4.57 Å². The van der Waals surface area contributed by atoms with Gasteiger partial charge in [0.2, 0.25) is 5.52 Å². The van der Waals surface area contributed by atoms with E-state index >= 15 is 0 Å². The number of nitrogens with zero attached hydrogens (tertiary/aromatic N) is 3. The standard InChI is InChI=1S/C16H12N3O/c1-18-15-10-6-4-8-17-12(10)9-19(15)14-11-5-2-3-7-13(11)20-16(14)18/h2-8H,9H2,1H3/q+1. The van der Waals surface area contributed by atoms with Crippen LogP contribution in [0.25, 0.3) is 33.6 Å². The van der Waals surface area contributed by atoms with Crippen LogP contribution in [0.5, 0.6) is 0 Å². The molecule has 4 heteroatoms. The highest BCUT2D eigenvalue weighted by Crippen LogP contribution is 2.36. The van der Waals surface area contributed by atoms with E-state index < -0.39 is 0 Å². The Labute approximate surface area is 114 Å². The van der Waals surface area contributed by atoms with Gasteiger partial charge in [0.1, 0.15) is 12.1 Å². The van der Waals surface area contributed by atoms with Crippen LogP contribution in [0.15, 0.2) is 47.0 Å². The van der Waals surface area contributed by atoms with Gasteiger partial charge in [0.15, 0.2) is 0 Å². The van der Waals surface area contributed by atoms with Crippen molar-refractivity contribution < 1.29 is 8.98 Å². The molecule has 0 aliphatic carbocycles. The molecule has 1 aromatic carbocycles.